The number of Topliss-reactive ketones (excluding diaryl/α,β-unsaturated/α-hetero) is 1. The summed E-state index contributed by atoms with van der Waals surface area (Å²) in [7, 11) is 3.72. The van der Waals surface area contributed by atoms with Crippen molar-refractivity contribution < 1.29 is 28.7 Å². The monoisotopic (exact) mass is 834 g/mol. The smallest absolute Gasteiger partial charge is 0.307 e. The van der Waals surface area contributed by atoms with E-state index in [0.717, 1.165) is 53.9 Å². The molecule has 0 aliphatic heterocycles. The molecule has 0 aliphatic carbocycles. The molecule has 0 aromatic carbocycles. The van der Waals surface area contributed by atoms with Gasteiger partial charge in [0.15, 0.2) is 5.78 Å². The number of ether oxygens (including phenoxy) is 2. The average molecular weight is 835 g/mol. The fraction of sp³-hybridized carbons (Fsp3) is 0.892. The van der Waals surface area contributed by atoms with Crippen molar-refractivity contribution in [1.29, 1.82) is 0 Å². The summed E-state index contributed by atoms with van der Waals surface area (Å²) in [5, 5.41) is 5.67. The van der Waals surface area contributed by atoms with Crippen LogP contribution in [0.25, 0.3) is 0 Å². The van der Waals surface area contributed by atoms with Gasteiger partial charge in [0.2, 0.25) is 11.8 Å². The molecule has 0 saturated heterocycles. The van der Waals surface area contributed by atoms with Gasteiger partial charge < -0.3 is 20.1 Å². The van der Waals surface area contributed by atoms with Crippen LogP contribution < -0.4 is 10.6 Å². The number of amides is 2. The standard InChI is InChI=1S/C28H53NO5S5.C6H13NOS.C3H8/c1-22(2)25(32)29-14-9-17-38-39-20-13-27(5,6)37-19-11-24(31)34-26(3,4)12-15-33-28(7,8)23(30)10-18-36-21-16-35;1-5(2)6(8)7-3-4-9;1-3-2/h22,35H,9-21H2,1-8H3,(H,29,32);5,9H,3-4H2,1-2H3,(H,7,8);3H2,1-2H3. The number of nitrogens with one attached hydrogen (secondary N) is 2. The Kier molecular flexibility index (Phi) is 36.4. The van der Waals surface area contributed by atoms with Crippen LogP contribution in [0, 0.1) is 11.8 Å². The molecule has 0 fully saturated rings. The molecule has 2 amide bonds. The molecule has 8 nitrogen and oxygen atoms in total. The molecule has 2 N–H and O–H groups in total. The molecule has 0 aliphatic rings. The Hall–Kier alpha value is 0.140. The highest BCUT2D eigenvalue weighted by molar-refractivity contribution is 8.76. The molecule has 0 unspecified atom stereocenters. The van der Waals surface area contributed by atoms with E-state index in [-0.39, 0.29) is 40.1 Å². The van der Waals surface area contributed by atoms with Crippen molar-refractivity contribution >= 4 is 93.9 Å². The van der Waals surface area contributed by atoms with Crippen LogP contribution in [0.15, 0.2) is 0 Å². The van der Waals surface area contributed by atoms with Gasteiger partial charge in [-0.05, 0) is 46.3 Å². The van der Waals surface area contributed by atoms with Crippen molar-refractivity contribution in [3.05, 3.63) is 0 Å². The molecule has 304 valence electrons. The fourth-order valence-corrected chi connectivity index (χ4v) is 8.25. The van der Waals surface area contributed by atoms with E-state index in [9.17, 15) is 19.2 Å². The normalized spacial score (nSPS) is 11.7. The van der Waals surface area contributed by atoms with E-state index in [4.69, 9.17) is 9.47 Å². The van der Waals surface area contributed by atoms with E-state index in [1.54, 1.807) is 23.5 Å². The zero-order valence-electron chi connectivity index (χ0n) is 33.9. The van der Waals surface area contributed by atoms with Gasteiger partial charge in [-0.1, -0.05) is 83.4 Å². The van der Waals surface area contributed by atoms with Gasteiger partial charge >= 0.3 is 5.97 Å². The van der Waals surface area contributed by atoms with Crippen LogP contribution in [-0.2, 0) is 28.7 Å². The molecular weight excluding hydrogens is 761 g/mol. The van der Waals surface area contributed by atoms with E-state index < -0.39 is 11.2 Å². The van der Waals surface area contributed by atoms with Crippen molar-refractivity contribution in [3.8, 4) is 0 Å². The summed E-state index contributed by atoms with van der Waals surface area (Å²) in [5.74, 6) is 6.26. The Balaban J connectivity index is -0.00000163. The van der Waals surface area contributed by atoms with E-state index in [1.807, 2.05) is 77.0 Å². The third-order valence-electron chi connectivity index (χ3n) is 6.77. The molecule has 51 heavy (non-hydrogen) atoms. The predicted octanol–water partition coefficient (Wildman–Crippen LogP) is 9.06. The van der Waals surface area contributed by atoms with E-state index in [2.05, 4.69) is 63.6 Å². The lowest BCUT2D eigenvalue weighted by Crippen LogP contribution is -2.38. The van der Waals surface area contributed by atoms with Crippen LogP contribution in [0.5, 0.6) is 0 Å². The summed E-state index contributed by atoms with van der Waals surface area (Å²) < 4.78 is 11.7. The highest BCUT2D eigenvalue weighted by atomic mass is 33.1. The lowest BCUT2D eigenvalue weighted by atomic mass is 10.0. The highest BCUT2D eigenvalue weighted by Gasteiger charge is 2.30. The van der Waals surface area contributed by atoms with Crippen molar-refractivity contribution in [2.75, 3.05) is 60.0 Å². The molecule has 0 bridgehead atoms. The van der Waals surface area contributed by atoms with Crippen LogP contribution >= 0.6 is 70.4 Å². The Morgan fingerprint density at radius 2 is 1.25 bits per heavy atom. The lowest BCUT2D eigenvalue weighted by molar-refractivity contribution is -0.160. The molecule has 0 atom stereocenters. The maximum Gasteiger partial charge on any atom is 0.307 e. The second-order valence-electron chi connectivity index (χ2n) is 14.3. The molecule has 0 saturated carbocycles. The summed E-state index contributed by atoms with van der Waals surface area (Å²) in [4.78, 5) is 47.3. The van der Waals surface area contributed by atoms with Crippen molar-refractivity contribution in [1.82, 2.24) is 10.6 Å². The van der Waals surface area contributed by atoms with Crippen LogP contribution in [0.4, 0.5) is 0 Å². The van der Waals surface area contributed by atoms with Gasteiger partial charge in [0.05, 0.1) is 13.0 Å². The lowest BCUT2D eigenvalue weighted by Gasteiger charge is -2.29. The Morgan fingerprint density at radius 1 is 0.706 bits per heavy atom. The first kappa shape index (κ1) is 55.5. The average Bonchev–Trinajstić information content (AvgIpc) is 3.02. The molecule has 0 radical (unpaired) electrons. The van der Waals surface area contributed by atoms with Gasteiger partial charge in [0, 0.05) is 77.0 Å². The van der Waals surface area contributed by atoms with E-state index in [1.165, 1.54) is 6.42 Å². The maximum atomic E-state index is 12.5. The number of carbonyl (C=O) groups excluding carboxylic acids is 4. The van der Waals surface area contributed by atoms with Gasteiger partial charge in [0.1, 0.15) is 11.2 Å². The largest absolute Gasteiger partial charge is 0.460 e. The van der Waals surface area contributed by atoms with Gasteiger partial charge in [-0.15, -0.1) is 0 Å². The predicted molar refractivity (Wildman–Crippen MR) is 236 cm³/mol. The topological polar surface area (TPSA) is 111 Å². The maximum absolute atomic E-state index is 12.5. The van der Waals surface area contributed by atoms with Crippen molar-refractivity contribution in [3.63, 3.8) is 0 Å². The zero-order valence-corrected chi connectivity index (χ0v) is 39.0. The van der Waals surface area contributed by atoms with Crippen molar-refractivity contribution in [2.24, 2.45) is 11.8 Å². The fourth-order valence-electron chi connectivity index (χ4n) is 3.49. The second kappa shape index (κ2) is 33.5. The summed E-state index contributed by atoms with van der Waals surface area (Å²) in [6.07, 6.45) is 4.66. The molecule has 0 aromatic heterocycles. The number of hydrogen-bond donors (Lipinski definition) is 4. The number of rotatable bonds is 27. The van der Waals surface area contributed by atoms with Gasteiger partial charge in [-0.3, -0.25) is 19.2 Å². The number of esters is 1. The number of thioether (sulfide) groups is 2. The first-order valence-corrected chi connectivity index (χ1v) is 24.2. The zero-order chi connectivity index (χ0) is 39.9. The van der Waals surface area contributed by atoms with E-state index >= 15 is 0 Å². The quantitative estimate of drug-likeness (QED) is 0.0277. The molecular formula is C37H74N2O6S6. The van der Waals surface area contributed by atoms with E-state index in [0.29, 0.717) is 38.2 Å². The third-order valence-corrected chi connectivity index (χ3v) is 12.4. The van der Waals surface area contributed by atoms with Crippen molar-refractivity contribution in [2.45, 2.75) is 138 Å². The highest BCUT2D eigenvalue weighted by Crippen LogP contribution is 2.33. The molecule has 0 spiro atoms. The Labute approximate surface area is 340 Å². The minimum absolute atomic E-state index is 0.0395. The third kappa shape index (κ3) is 36.9. The molecule has 14 heteroatoms. The summed E-state index contributed by atoms with van der Waals surface area (Å²) in [6.45, 7) is 25.4. The molecule has 0 rings (SSSR count). The van der Waals surface area contributed by atoms with Gasteiger partial charge in [0.25, 0.3) is 0 Å². The van der Waals surface area contributed by atoms with Crippen LogP contribution in [0.1, 0.15) is 122 Å². The molecule has 0 heterocycles. The van der Waals surface area contributed by atoms with Crippen LogP contribution in [0.2, 0.25) is 0 Å². The number of ketones is 1. The number of hydrogen-bond acceptors (Lipinski definition) is 12. The first-order chi connectivity index (χ1) is 23.7. The van der Waals surface area contributed by atoms with Gasteiger partial charge in [-0.2, -0.15) is 48.8 Å². The second-order valence-corrected chi connectivity index (χ2v) is 20.9. The summed E-state index contributed by atoms with van der Waals surface area (Å²) in [6, 6.07) is 0. The SMILES string of the molecule is CC(C)C(=O)NCCCSSCCC(C)(C)SCCC(=O)OC(C)(C)CCOC(C)(C)C(=O)CCSCCS.CC(C)C(=O)NCCS.CCC. The first-order valence-electron chi connectivity index (χ1n) is 18.3. The molecule has 0 aromatic rings. The van der Waals surface area contributed by atoms with Gasteiger partial charge in [-0.25, -0.2) is 0 Å². The summed E-state index contributed by atoms with van der Waals surface area (Å²) in [5.41, 5.74) is -1.49. The minimum atomic E-state index is -0.842. The number of carbonyl (C=O) groups is 4. The Bertz CT molecular complexity index is 920. The minimum Gasteiger partial charge on any atom is -0.460 e. The number of thiol groups is 2. The van der Waals surface area contributed by atoms with Crippen LogP contribution in [-0.4, -0.2) is 99.5 Å². The Morgan fingerprint density at radius 3 is 1.78 bits per heavy atom. The summed E-state index contributed by atoms with van der Waals surface area (Å²) >= 11 is 11.7. The van der Waals surface area contributed by atoms with Crippen LogP contribution in [0.3, 0.4) is 0 Å².